The summed E-state index contributed by atoms with van der Waals surface area (Å²) in [6.07, 6.45) is 4.17. The zero-order valence-corrected chi connectivity index (χ0v) is 18.5. The van der Waals surface area contributed by atoms with Crippen LogP contribution in [0.5, 0.6) is 5.88 Å². The monoisotopic (exact) mass is 463 g/mol. The topological polar surface area (TPSA) is 98.9 Å². The first kappa shape index (κ1) is 21.2. The molecule has 1 saturated heterocycles. The van der Waals surface area contributed by atoms with Crippen molar-refractivity contribution in [1.29, 1.82) is 0 Å². The molecule has 0 unspecified atom stereocenters. The number of allylic oxidation sites excluding steroid dienone is 1. The van der Waals surface area contributed by atoms with Crippen LogP contribution in [0.15, 0.2) is 66.1 Å². The molecule has 1 fully saturated rings. The molecule has 4 heterocycles. The van der Waals surface area contributed by atoms with E-state index in [0.29, 0.717) is 33.7 Å². The molecule has 0 bridgehead atoms. The van der Waals surface area contributed by atoms with E-state index in [1.165, 1.54) is 10.9 Å². The fourth-order valence-corrected chi connectivity index (χ4v) is 3.88. The summed E-state index contributed by atoms with van der Waals surface area (Å²) in [5.41, 5.74) is 0.980. The van der Waals surface area contributed by atoms with Crippen LogP contribution in [-0.2, 0) is 6.54 Å². The van der Waals surface area contributed by atoms with E-state index in [1.807, 2.05) is 30.3 Å². The SMILES string of the molecule is C=CCn1c(=O)c2cnc(Nc3ccc(Cl)cc3)nc2n1-c1cccc(O[C@H]2CCNC2)n1. The maximum Gasteiger partial charge on any atom is 0.278 e. The lowest BCUT2D eigenvalue weighted by Gasteiger charge is -2.14. The molecule has 1 aliphatic rings. The van der Waals surface area contributed by atoms with Gasteiger partial charge in [-0.25, -0.2) is 14.3 Å². The Balaban J connectivity index is 1.58. The number of halogens is 1. The molecule has 5 rings (SSSR count). The number of nitrogens with zero attached hydrogens (tertiary/aromatic N) is 5. The molecule has 1 aromatic carbocycles. The number of aromatic nitrogens is 5. The van der Waals surface area contributed by atoms with E-state index >= 15 is 0 Å². The summed E-state index contributed by atoms with van der Waals surface area (Å²) in [6.45, 7) is 5.78. The Kier molecular flexibility index (Phi) is 5.80. The fourth-order valence-electron chi connectivity index (χ4n) is 3.76. The first-order chi connectivity index (χ1) is 16.1. The Morgan fingerprint density at radius 2 is 2.09 bits per heavy atom. The quantitative estimate of drug-likeness (QED) is 0.406. The first-order valence-electron chi connectivity index (χ1n) is 10.6. The zero-order chi connectivity index (χ0) is 22.8. The lowest BCUT2D eigenvalue weighted by atomic mass is 10.3. The summed E-state index contributed by atoms with van der Waals surface area (Å²) in [4.78, 5) is 26.7. The van der Waals surface area contributed by atoms with Crippen molar-refractivity contribution in [2.45, 2.75) is 19.1 Å². The van der Waals surface area contributed by atoms with Crippen LogP contribution in [0.25, 0.3) is 16.9 Å². The van der Waals surface area contributed by atoms with Crippen molar-refractivity contribution in [3.8, 4) is 11.7 Å². The molecule has 0 amide bonds. The van der Waals surface area contributed by atoms with Gasteiger partial charge in [-0.05, 0) is 43.3 Å². The normalized spacial score (nSPS) is 15.6. The van der Waals surface area contributed by atoms with E-state index in [1.54, 1.807) is 22.9 Å². The van der Waals surface area contributed by atoms with Crippen LogP contribution in [0.3, 0.4) is 0 Å². The molecule has 33 heavy (non-hydrogen) atoms. The van der Waals surface area contributed by atoms with Crippen LogP contribution >= 0.6 is 11.6 Å². The minimum Gasteiger partial charge on any atom is -0.473 e. The molecule has 4 aromatic rings. The third-order valence-electron chi connectivity index (χ3n) is 5.31. The number of nitrogens with one attached hydrogen (secondary N) is 2. The van der Waals surface area contributed by atoms with Gasteiger partial charge >= 0.3 is 0 Å². The number of pyridine rings is 1. The van der Waals surface area contributed by atoms with Gasteiger partial charge in [0, 0.05) is 29.5 Å². The predicted octanol–water partition coefficient (Wildman–Crippen LogP) is 3.30. The largest absolute Gasteiger partial charge is 0.473 e. The molecule has 2 N–H and O–H groups in total. The Morgan fingerprint density at radius 3 is 2.85 bits per heavy atom. The fraction of sp³-hybridized carbons (Fsp3) is 0.217. The molecular formula is C23H22ClN7O2. The number of anilines is 2. The summed E-state index contributed by atoms with van der Waals surface area (Å²) in [6, 6.07) is 12.7. The van der Waals surface area contributed by atoms with Crippen LogP contribution in [0, 0.1) is 0 Å². The van der Waals surface area contributed by atoms with Crippen molar-refractivity contribution in [3.05, 3.63) is 76.7 Å². The number of hydrogen-bond acceptors (Lipinski definition) is 7. The highest BCUT2D eigenvalue weighted by atomic mass is 35.5. The summed E-state index contributed by atoms with van der Waals surface area (Å²) in [7, 11) is 0. The van der Waals surface area contributed by atoms with Crippen molar-refractivity contribution < 1.29 is 4.74 Å². The van der Waals surface area contributed by atoms with Crippen LogP contribution in [-0.4, -0.2) is 43.5 Å². The molecule has 1 atom stereocenters. The Bertz CT molecular complexity index is 1360. The minimum absolute atomic E-state index is 0.0713. The van der Waals surface area contributed by atoms with Crippen LogP contribution in [0.2, 0.25) is 5.02 Å². The molecule has 1 aliphatic heterocycles. The highest BCUT2D eigenvalue weighted by molar-refractivity contribution is 6.30. The number of ether oxygens (including phenoxy) is 1. The maximum absolute atomic E-state index is 13.1. The molecule has 0 radical (unpaired) electrons. The third kappa shape index (κ3) is 4.33. The Morgan fingerprint density at radius 1 is 1.24 bits per heavy atom. The first-order valence-corrected chi connectivity index (χ1v) is 11.0. The Hall–Kier alpha value is -3.69. The second-order valence-corrected chi connectivity index (χ2v) is 8.05. The lowest BCUT2D eigenvalue weighted by Crippen LogP contribution is -2.23. The number of benzene rings is 1. The van der Waals surface area contributed by atoms with Gasteiger partial charge in [-0.2, -0.15) is 9.97 Å². The van der Waals surface area contributed by atoms with Gasteiger partial charge in [0.25, 0.3) is 5.56 Å². The Labute approximate surface area is 194 Å². The molecule has 0 saturated carbocycles. The standard InChI is InChI=1S/C23H22ClN7O2/c1-2-12-30-22(32)18-14-26-23(27-16-8-6-15(24)7-9-16)29-21(18)31(30)19-4-3-5-20(28-19)33-17-10-11-25-13-17/h2-9,14,17,25H,1,10-13H2,(H,26,27,29)/t17-/m0/s1. The highest BCUT2D eigenvalue weighted by Crippen LogP contribution is 2.21. The average molecular weight is 464 g/mol. The molecular weight excluding hydrogens is 442 g/mol. The van der Waals surface area contributed by atoms with Gasteiger partial charge in [-0.3, -0.25) is 4.79 Å². The second-order valence-electron chi connectivity index (χ2n) is 7.62. The van der Waals surface area contributed by atoms with E-state index in [4.69, 9.17) is 16.3 Å². The molecule has 9 nitrogen and oxygen atoms in total. The minimum atomic E-state index is -0.226. The lowest BCUT2D eigenvalue weighted by molar-refractivity contribution is 0.214. The smallest absolute Gasteiger partial charge is 0.278 e. The number of hydrogen-bond donors (Lipinski definition) is 2. The van der Waals surface area contributed by atoms with Crippen molar-refractivity contribution in [2.75, 3.05) is 18.4 Å². The van der Waals surface area contributed by atoms with E-state index < -0.39 is 0 Å². The van der Waals surface area contributed by atoms with E-state index in [-0.39, 0.29) is 18.2 Å². The van der Waals surface area contributed by atoms with Gasteiger partial charge in [0.2, 0.25) is 11.8 Å². The average Bonchev–Trinajstić information content (AvgIpc) is 3.42. The van der Waals surface area contributed by atoms with E-state index in [0.717, 1.165) is 25.2 Å². The second kappa shape index (κ2) is 9.05. The van der Waals surface area contributed by atoms with E-state index in [9.17, 15) is 4.79 Å². The van der Waals surface area contributed by atoms with Gasteiger partial charge in [-0.15, -0.1) is 6.58 Å². The number of fused-ring (bicyclic) bond motifs is 1. The molecule has 0 spiro atoms. The summed E-state index contributed by atoms with van der Waals surface area (Å²) in [5.74, 6) is 1.36. The van der Waals surface area contributed by atoms with Crippen molar-refractivity contribution >= 4 is 34.3 Å². The van der Waals surface area contributed by atoms with E-state index in [2.05, 4.69) is 32.2 Å². The van der Waals surface area contributed by atoms with Crippen molar-refractivity contribution in [1.82, 2.24) is 29.6 Å². The number of rotatable bonds is 7. The summed E-state index contributed by atoms with van der Waals surface area (Å²) < 4.78 is 9.22. The maximum atomic E-state index is 13.1. The van der Waals surface area contributed by atoms with Crippen LogP contribution < -0.4 is 20.9 Å². The molecule has 168 valence electrons. The van der Waals surface area contributed by atoms with Gasteiger partial charge in [0.05, 0.1) is 6.54 Å². The summed E-state index contributed by atoms with van der Waals surface area (Å²) >= 11 is 5.97. The third-order valence-corrected chi connectivity index (χ3v) is 5.56. The van der Waals surface area contributed by atoms with Gasteiger partial charge in [-0.1, -0.05) is 23.7 Å². The van der Waals surface area contributed by atoms with Crippen LogP contribution in [0.1, 0.15) is 6.42 Å². The van der Waals surface area contributed by atoms with Gasteiger partial charge in [0.1, 0.15) is 11.5 Å². The van der Waals surface area contributed by atoms with Crippen LogP contribution in [0.4, 0.5) is 11.6 Å². The molecule has 0 aliphatic carbocycles. The highest BCUT2D eigenvalue weighted by Gasteiger charge is 2.20. The summed E-state index contributed by atoms with van der Waals surface area (Å²) in [5, 5.41) is 7.43. The van der Waals surface area contributed by atoms with Gasteiger partial charge < -0.3 is 15.4 Å². The van der Waals surface area contributed by atoms with Gasteiger partial charge in [0.15, 0.2) is 11.5 Å². The molecule has 10 heteroatoms. The van der Waals surface area contributed by atoms with Crippen molar-refractivity contribution in [3.63, 3.8) is 0 Å². The predicted molar refractivity (Wildman–Crippen MR) is 128 cm³/mol. The van der Waals surface area contributed by atoms with Crippen molar-refractivity contribution in [2.24, 2.45) is 0 Å². The molecule has 3 aromatic heterocycles. The zero-order valence-electron chi connectivity index (χ0n) is 17.7.